The van der Waals surface area contributed by atoms with Gasteiger partial charge in [0.25, 0.3) is 0 Å². The summed E-state index contributed by atoms with van der Waals surface area (Å²) in [5, 5.41) is 12.3. The SMILES string of the molecule is O=C(Cc1ccc(Cl)c(Cl)c1)Nc1cnccc1C(=O)O. The van der Waals surface area contributed by atoms with Gasteiger partial charge in [-0.05, 0) is 23.8 Å². The molecule has 108 valence electrons. The normalized spacial score (nSPS) is 10.2. The number of nitrogens with zero attached hydrogens (tertiary/aromatic N) is 1. The maximum absolute atomic E-state index is 11.9. The Kier molecular flexibility index (Phi) is 4.77. The fraction of sp³-hybridized carbons (Fsp3) is 0.0714. The summed E-state index contributed by atoms with van der Waals surface area (Å²) in [5.74, 6) is -1.51. The van der Waals surface area contributed by atoms with Crippen molar-refractivity contribution in [1.82, 2.24) is 4.98 Å². The fourth-order valence-corrected chi connectivity index (χ4v) is 2.03. The van der Waals surface area contributed by atoms with Crippen LogP contribution in [0.2, 0.25) is 10.0 Å². The molecule has 0 radical (unpaired) electrons. The Bertz CT molecular complexity index is 704. The highest BCUT2D eigenvalue weighted by molar-refractivity contribution is 6.42. The van der Waals surface area contributed by atoms with Crippen molar-refractivity contribution in [3.8, 4) is 0 Å². The zero-order valence-corrected chi connectivity index (χ0v) is 12.1. The van der Waals surface area contributed by atoms with Crippen LogP contribution in [-0.4, -0.2) is 22.0 Å². The van der Waals surface area contributed by atoms with E-state index >= 15 is 0 Å². The molecule has 0 aliphatic carbocycles. The van der Waals surface area contributed by atoms with Gasteiger partial charge in [-0.1, -0.05) is 29.3 Å². The van der Waals surface area contributed by atoms with E-state index < -0.39 is 5.97 Å². The van der Waals surface area contributed by atoms with Gasteiger partial charge in [-0.3, -0.25) is 9.78 Å². The van der Waals surface area contributed by atoms with Gasteiger partial charge in [-0.2, -0.15) is 0 Å². The second-order valence-corrected chi connectivity index (χ2v) is 5.01. The number of carbonyl (C=O) groups excluding carboxylic acids is 1. The van der Waals surface area contributed by atoms with Crippen molar-refractivity contribution in [3.05, 3.63) is 57.8 Å². The number of pyridine rings is 1. The van der Waals surface area contributed by atoms with Crippen LogP contribution in [-0.2, 0) is 11.2 Å². The van der Waals surface area contributed by atoms with Crippen molar-refractivity contribution in [3.63, 3.8) is 0 Å². The maximum atomic E-state index is 11.9. The predicted octanol–water partition coefficient (Wildman–Crippen LogP) is 3.27. The third-order valence-corrected chi connectivity index (χ3v) is 3.41. The zero-order valence-electron chi connectivity index (χ0n) is 10.6. The van der Waals surface area contributed by atoms with E-state index in [2.05, 4.69) is 10.3 Å². The lowest BCUT2D eigenvalue weighted by Gasteiger charge is -2.08. The van der Waals surface area contributed by atoms with Crippen molar-refractivity contribution in [2.24, 2.45) is 0 Å². The summed E-state index contributed by atoms with van der Waals surface area (Å²) >= 11 is 11.7. The van der Waals surface area contributed by atoms with Crippen LogP contribution in [0.5, 0.6) is 0 Å². The molecule has 0 aliphatic rings. The number of hydrogen-bond donors (Lipinski definition) is 2. The average Bonchev–Trinajstić information content (AvgIpc) is 2.43. The summed E-state index contributed by atoms with van der Waals surface area (Å²) in [6.45, 7) is 0. The van der Waals surface area contributed by atoms with Gasteiger partial charge < -0.3 is 10.4 Å². The number of carboxylic acid groups (broad SMARTS) is 1. The fourth-order valence-electron chi connectivity index (χ4n) is 1.71. The molecule has 2 N–H and O–H groups in total. The zero-order chi connectivity index (χ0) is 15.4. The summed E-state index contributed by atoms with van der Waals surface area (Å²) in [6, 6.07) is 6.18. The van der Waals surface area contributed by atoms with Crippen LogP contribution in [0.25, 0.3) is 0 Å². The van der Waals surface area contributed by atoms with Crippen molar-refractivity contribution >= 4 is 40.8 Å². The molecule has 0 spiro atoms. The Morgan fingerprint density at radius 1 is 1.19 bits per heavy atom. The second-order valence-electron chi connectivity index (χ2n) is 4.20. The molecule has 0 saturated heterocycles. The summed E-state index contributed by atoms with van der Waals surface area (Å²) in [7, 11) is 0. The lowest BCUT2D eigenvalue weighted by atomic mass is 10.1. The number of nitrogens with one attached hydrogen (secondary N) is 1. The van der Waals surface area contributed by atoms with E-state index in [1.165, 1.54) is 18.5 Å². The molecule has 5 nitrogen and oxygen atoms in total. The molecule has 2 rings (SSSR count). The first kappa shape index (κ1) is 15.3. The number of aromatic carboxylic acids is 1. The third kappa shape index (κ3) is 3.93. The third-order valence-electron chi connectivity index (χ3n) is 2.67. The Labute approximate surface area is 130 Å². The van der Waals surface area contributed by atoms with Crippen LogP contribution in [0.1, 0.15) is 15.9 Å². The molecular formula is C14H10Cl2N2O3. The molecule has 1 heterocycles. The van der Waals surface area contributed by atoms with E-state index in [-0.39, 0.29) is 23.6 Å². The van der Waals surface area contributed by atoms with E-state index in [4.69, 9.17) is 28.3 Å². The lowest BCUT2D eigenvalue weighted by Crippen LogP contribution is -2.17. The van der Waals surface area contributed by atoms with Gasteiger partial charge in [-0.25, -0.2) is 4.79 Å². The number of rotatable bonds is 4. The summed E-state index contributed by atoms with van der Waals surface area (Å²) in [4.78, 5) is 26.8. The highest BCUT2D eigenvalue weighted by Crippen LogP contribution is 2.23. The van der Waals surface area contributed by atoms with Crippen molar-refractivity contribution < 1.29 is 14.7 Å². The summed E-state index contributed by atoms with van der Waals surface area (Å²) in [5.41, 5.74) is 0.796. The minimum Gasteiger partial charge on any atom is -0.478 e. The number of amides is 1. The molecule has 0 atom stereocenters. The van der Waals surface area contributed by atoms with Gasteiger partial charge in [0.2, 0.25) is 5.91 Å². The Morgan fingerprint density at radius 3 is 2.62 bits per heavy atom. The van der Waals surface area contributed by atoms with E-state index in [1.54, 1.807) is 18.2 Å². The van der Waals surface area contributed by atoms with Crippen LogP contribution in [0, 0.1) is 0 Å². The largest absolute Gasteiger partial charge is 0.478 e. The van der Waals surface area contributed by atoms with Gasteiger partial charge >= 0.3 is 5.97 Å². The molecule has 0 aliphatic heterocycles. The average molecular weight is 325 g/mol. The van der Waals surface area contributed by atoms with Gasteiger partial charge in [0, 0.05) is 6.20 Å². The topological polar surface area (TPSA) is 79.3 Å². The molecule has 0 unspecified atom stereocenters. The first-order valence-corrected chi connectivity index (χ1v) is 6.64. The summed E-state index contributed by atoms with van der Waals surface area (Å²) < 4.78 is 0. The first-order valence-electron chi connectivity index (χ1n) is 5.88. The van der Waals surface area contributed by atoms with E-state index in [0.717, 1.165) is 0 Å². The second kappa shape index (κ2) is 6.56. The van der Waals surface area contributed by atoms with Gasteiger partial charge in [-0.15, -0.1) is 0 Å². The monoisotopic (exact) mass is 324 g/mol. The molecule has 1 aromatic carbocycles. The van der Waals surface area contributed by atoms with Crippen molar-refractivity contribution in [2.45, 2.75) is 6.42 Å². The lowest BCUT2D eigenvalue weighted by molar-refractivity contribution is -0.115. The van der Waals surface area contributed by atoms with Gasteiger partial charge in [0.15, 0.2) is 0 Å². The quantitative estimate of drug-likeness (QED) is 0.904. The molecule has 0 fully saturated rings. The van der Waals surface area contributed by atoms with E-state index in [9.17, 15) is 9.59 Å². The number of halogens is 2. The first-order chi connectivity index (χ1) is 9.97. The molecule has 0 saturated carbocycles. The standard InChI is InChI=1S/C14H10Cl2N2O3/c15-10-2-1-8(5-11(10)16)6-13(19)18-12-7-17-4-3-9(12)14(20)21/h1-5,7H,6H2,(H,18,19)(H,20,21). The molecule has 1 aromatic heterocycles. The van der Waals surface area contributed by atoms with Crippen LogP contribution >= 0.6 is 23.2 Å². The van der Waals surface area contributed by atoms with E-state index in [1.807, 2.05) is 0 Å². The Morgan fingerprint density at radius 2 is 1.95 bits per heavy atom. The number of aromatic nitrogens is 1. The maximum Gasteiger partial charge on any atom is 0.337 e. The number of benzene rings is 1. The van der Waals surface area contributed by atoms with Crippen LogP contribution in [0.4, 0.5) is 5.69 Å². The highest BCUT2D eigenvalue weighted by Gasteiger charge is 2.13. The molecule has 21 heavy (non-hydrogen) atoms. The van der Waals surface area contributed by atoms with E-state index in [0.29, 0.717) is 15.6 Å². The van der Waals surface area contributed by atoms with Gasteiger partial charge in [0.1, 0.15) is 0 Å². The molecule has 7 heteroatoms. The number of hydrogen-bond acceptors (Lipinski definition) is 3. The molecule has 2 aromatic rings. The molecular weight excluding hydrogens is 315 g/mol. The van der Waals surface area contributed by atoms with Crippen LogP contribution in [0.3, 0.4) is 0 Å². The van der Waals surface area contributed by atoms with Crippen LogP contribution < -0.4 is 5.32 Å². The molecule has 1 amide bonds. The van der Waals surface area contributed by atoms with Gasteiger partial charge in [0.05, 0.1) is 33.9 Å². The molecule has 0 bridgehead atoms. The number of carbonyl (C=O) groups is 2. The Balaban J connectivity index is 2.12. The minimum atomic E-state index is -1.14. The smallest absolute Gasteiger partial charge is 0.337 e. The minimum absolute atomic E-state index is 0.0208. The summed E-state index contributed by atoms with van der Waals surface area (Å²) in [6.07, 6.45) is 2.68. The highest BCUT2D eigenvalue weighted by atomic mass is 35.5. The van der Waals surface area contributed by atoms with Crippen LogP contribution in [0.15, 0.2) is 36.7 Å². The van der Waals surface area contributed by atoms with Crippen molar-refractivity contribution in [1.29, 1.82) is 0 Å². The number of carboxylic acids is 1. The predicted molar refractivity (Wildman–Crippen MR) is 80.0 cm³/mol. The van der Waals surface area contributed by atoms with Crippen molar-refractivity contribution in [2.75, 3.05) is 5.32 Å². The Hall–Kier alpha value is -2.11. The number of anilines is 1.